The van der Waals surface area contributed by atoms with Crippen molar-refractivity contribution in [2.45, 2.75) is 19.3 Å². The fourth-order valence-corrected chi connectivity index (χ4v) is 1.74. The Labute approximate surface area is 81.4 Å². The average molecular weight is 190 g/mol. The molecule has 3 heteroatoms. The number of carboxylic acids is 1. The highest BCUT2D eigenvalue weighted by Gasteiger charge is 2.16. The van der Waals surface area contributed by atoms with Gasteiger partial charge in [-0.15, -0.1) is 0 Å². The van der Waals surface area contributed by atoms with Crippen LogP contribution in [0.25, 0.3) is 0 Å². The minimum Gasteiger partial charge on any atom is -0.478 e. The van der Waals surface area contributed by atoms with Gasteiger partial charge in [0.1, 0.15) is 5.78 Å². The third kappa shape index (κ3) is 1.53. The van der Waals surface area contributed by atoms with E-state index in [4.69, 9.17) is 5.11 Å². The van der Waals surface area contributed by atoms with Gasteiger partial charge in [0.2, 0.25) is 0 Å². The molecule has 72 valence electrons. The van der Waals surface area contributed by atoms with Crippen molar-refractivity contribution in [1.29, 1.82) is 0 Å². The molecule has 0 saturated heterocycles. The van der Waals surface area contributed by atoms with Crippen LogP contribution in [0.2, 0.25) is 0 Å². The lowest BCUT2D eigenvalue weighted by Crippen LogP contribution is -2.14. The fraction of sp³-hybridized carbons (Fsp3) is 0.273. The standard InChI is InChI=1S/C11H10O3/c12-10-4-3-7-1-2-8(11(13)14)5-9(7)6-10/h1-2,5H,3-4,6H2,(H,13,14). The number of aryl methyl sites for hydroxylation is 1. The van der Waals surface area contributed by atoms with Crippen molar-refractivity contribution in [3.05, 3.63) is 34.9 Å². The average Bonchev–Trinajstić information content (AvgIpc) is 2.16. The maximum Gasteiger partial charge on any atom is 0.335 e. The zero-order valence-corrected chi connectivity index (χ0v) is 7.62. The van der Waals surface area contributed by atoms with E-state index >= 15 is 0 Å². The van der Waals surface area contributed by atoms with E-state index in [2.05, 4.69) is 0 Å². The van der Waals surface area contributed by atoms with Crippen molar-refractivity contribution in [3.8, 4) is 0 Å². The van der Waals surface area contributed by atoms with Gasteiger partial charge in [0.25, 0.3) is 0 Å². The molecular formula is C11H10O3. The number of rotatable bonds is 1. The van der Waals surface area contributed by atoms with Gasteiger partial charge in [-0.05, 0) is 29.7 Å². The molecule has 1 aliphatic carbocycles. The summed E-state index contributed by atoms with van der Waals surface area (Å²) in [6, 6.07) is 5.01. The van der Waals surface area contributed by atoms with Crippen molar-refractivity contribution >= 4 is 11.8 Å². The molecule has 0 aromatic heterocycles. The predicted octanol–water partition coefficient (Wildman–Crippen LogP) is 1.44. The van der Waals surface area contributed by atoms with Gasteiger partial charge in [-0.1, -0.05) is 6.07 Å². The van der Waals surface area contributed by atoms with Crippen LogP contribution in [0.15, 0.2) is 18.2 Å². The van der Waals surface area contributed by atoms with Crippen LogP contribution in [0, 0.1) is 0 Å². The quantitative estimate of drug-likeness (QED) is 0.729. The Kier molecular flexibility index (Phi) is 2.08. The van der Waals surface area contributed by atoms with E-state index in [9.17, 15) is 9.59 Å². The Balaban J connectivity index is 2.42. The van der Waals surface area contributed by atoms with E-state index < -0.39 is 5.97 Å². The van der Waals surface area contributed by atoms with Crippen molar-refractivity contribution in [3.63, 3.8) is 0 Å². The minimum atomic E-state index is -0.939. The number of ketones is 1. The molecule has 1 aromatic carbocycles. The molecule has 0 radical (unpaired) electrons. The Morgan fingerprint density at radius 1 is 1.21 bits per heavy atom. The molecule has 2 rings (SSSR count). The molecule has 14 heavy (non-hydrogen) atoms. The van der Waals surface area contributed by atoms with E-state index in [0.717, 1.165) is 17.5 Å². The molecule has 0 atom stereocenters. The van der Waals surface area contributed by atoms with Gasteiger partial charge in [-0.3, -0.25) is 4.79 Å². The summed E-state index contributed by atoms with van der Waals surface area (Å²) in [6.07, 6.45) is 1.71. The molecule has 1 N–H and O–H groups in total. The first-order valence-corrected chi connectivity index (χ1v) is 4.53. The summed E-state index contributed by atoms with van der Waals surface area (Å²) in [5.41, 5.74) is 2.24. The van der Waals surface area contributed by atoms with Gasteiger partial charge in [-0.2, -0.15) is 0 Å². The van der Waals surface area contributed by atoms with Crippen LogP contribution in [-0.2, 0) is 17.6 Å². The molecule has 0 heterocycles. The van der Waals surface area contributed by atoms with Crippen LogP contribution in [-0.4, -0.2) is 16.9 Å². The topological polar surface area (TPSA) is 54.4 Å². The number of fused-ring (bicyclic) bond motifs is 1. The maximum atomic E-state index is 11.2. The molecule has 1 aliphatic rings. The molecule has 0 spiro atoms. The zero-order chi connectivity index (χ0) is 10.1. The van der Waals surface area contributed by atoms with Crippen LogP contribution in [0.4, 0.5) is 0 Å². The molecule has 3 nitrogen and oxygen atoms in total. The summed E-state index contributed by atoms with van der Waals surface area (Å²) in [5, 5.41) is 8.77. The first kappa shape index (κ1) is 8.94. The molecular weight excluding hydrogens is 180 g/mol. The monoisotopic (exact) mass is 190 g/mol. The number of hydrogen-bond acceptors (Lipinski definition) is 2. The molecule has 1 aromatic rings. The van der Waals surface area contributed by atoms with E-state index in [-0.39, 0.29) is 11.3 Å². The van der Waals surface area contributed by atoms with Gasteiger partial charge < -0.3 is 5.11 Å². The molecule has 0 bridgehead atoms. The van der Waals surface area contributed by atoms with Crippen LogP contribution in [0.3, 0.4) is 0 Å². The lowest BCUT2D eigenvalue weighted by molar-refractivity contribution is -0.118. The summed E-state index contributed by atoms with van der Waals surface area (Å²) in [6.45, 7) is 0. The molecule has 0 saturated carbocycles. The number of carbonyl (C=O) groups excluding carboxylic acids is 1. The number of Topliss-reactive ketones (excluding diaryl/α,β-unsaturated/α-hetero) is 1. The van der Waals surface area contributed by atoms with E-state index in [1.807, 2.05) is 6.07 Å². The Bertz CT molecular complexity index is 407. The van der Waals surface area contributed by atoms with E-state index in [1.54, 1.807) is 12.1 Å². The molecule has 0 fully saturated rings. The van der Waals surface area contributed by atoms with Crippen molar-refractivity contribution in [2.75, 3.05) is 0 Å². The Morgan fingerprint density at radius 3 is 2.71 bits per heavy atom. The molecule has 0 amide bonds. The highest BCUT2D eigenvalue weighted by Crippen LogP contribution is 2.20. The molecule has 0 aliphatic heterocycles. The second-order valence-corrected chi connectivity index (χ2v) is 3.50. The second-order valence-electron chi connectivity index (χ2n) is 3.50. The van der Waals surface area contributed by atoms with Crippen LogP contribution in [0.5, 0.6) is 0 Å². The largest absolute Gasteiger partial charge is 0.478 e. The lowest BCUT2D eigenvalue weighted by atomic mass is 9.89. The van der Waals surface area contributed by atoms with Crippen LogP contribution < -0.4 is 0 Å². The summed E-state index contributed by atoms with van der Waals surface area (Å²) in [5.74, 6) is -0.745. The first-order valence-electron chi connectivity index (χ1n) is 4.53. The normalized spacial score (nSPS) is 15.0. The SMILES string of the molecule is O=C1CCc2ccc(C(=O)O)cc2C1. The van der Waals surface area contributed by atoms with E-state index in [1.165, 1.54) is 0 Å². The lowest BCUT2D eigenvalue weighted by Gasteiger charge is -2.14. The summed E-state index contributed by atoms with van der Waals surface area (Å²) >= 11 is 0. The Hall–Kier alpha value is -1.64. The Morgan fingerprint density at radius 2 is 2.00 bits per heavy atom. The third-order valence-corrected chi connectivity index (χ3v) is 2.51. The summed E-state index contributed by atoms with van der Waals surface area (Å²) in [4.78, 5) is 21.8. The van der Waals surface area contributed by atoms with Gasteiger partial charge in [0.15, 0.2) is 0 Å². The van der Waals surface area contributed by atoms with Crippen LogP contribution in [0.1, 0.15) is 27.9 Å². The highest BCUT2D eigenvalue weighted by atomic mass is 16.4. The second kappa shape index (κ2) is 3.25. The van der Waals surface area contributed by atoms with Gasteiger partial charge >= 0.3 is 5.97 Å². The molecule has 0 unspecified atom stereocenters. The summed E-state index contributed by atoms with van der Waals surface area (Å²) < 4.78 is 0. The number of carboxylic acid groups (broad SMARTS) is 1. The third-order valence-electron chi connectivity index (χ3n) is 2.51. The summed E-state index contributed by atoms with van der Waals surface area (Å²) in [7, 11) is 0. The number of carbonyl (C=O) groups is 2. The van der Waals surface area contributed by atoms with Gasteiger partial charge in [-0.25, -0.2) is 4.79 Å². The zero-order valence-electron chi connectivity index (χ0n) is 7.62. The smallest absolute Gasteiger partial charge is 0.335 e. The van der Waals surface area contributed by atoms with Gasteiger partial charge in [0, 0.05) is 12.8 Å². The van der Waals surface area contributed by atoms with Gasteiger partial charge in [0.05, 0.1) is 5.56 Å². The number of aromatic carboxylic acids is 1. The number of benzene rings is 1. The first-order chi connectivity index (χ1) is 6.66. The van der Waals surface area contributed by atoms with Crippen molar-refractivity contribution < 1.29 is 14.7 Å². The van der Waals surface area contributed by atoms with Crippen molar-refractivity contribution in [1.82, 2.24) is 0 Å². The highest BCUT2D eigenvalue weighted by molar-refractivity contribution is 5.89. The van der Waals surface area contributed by atoms with E-state index in [0.29, 0.717) is 12.8 Å². The minimum absolute atomic E-state index is 0.194. The van der Waals surface area contributed by atoms with Crippen molar-refractivity contribution in [2.24, 2.45) is 0 Å². The fourth-order valence-electron chi connectivity index (χ4n) is 1.74. The number of hydrogen-bond donors (Lipinski definition) is 1. The van der Waals surface area contributed by atoms with Crippen LogP contribution >= 0.6 is 0 Å². The predicted molar refractivity (Wildman–Crippen MR) is 50.4 cm³/mol. The maximum absolute atomic E-state index is 11.2.